The monoisotopic (exact) mass is 248 g/mol. The van der Waals surface area contributed by atoms with Crippen molar-refractivity contribution < 1.29 is 4.74 Å². The van der Waals surface area contributed by atoms with E-state index in [1.165, 1.54) is 5.56 Å². The number of benzene rings is 1. The van der Waals surface area contributed by atoms with Gasteiger partial charge < -0.3 is 4.74 Å². The third-order valence-electron chi connectivity index (χ3n) is 1.55. The minimum absolute atomic E-state index is 0.268. The predicted molar refractivity (Wildman–Crippen MR) is 54.5 cm³/mol. The lowest BCUT2D eigenvalue weighted by Crippen LogP contribution is -1.97. The SMILES string of the molecule is ClCOCCc1ccccc1Br. The molecule has 3 heteroatoms. The van der Waals surface area contributed by atoms with Crippen LogP contribution in [0, 0.1) is 0 Å². The largest absolute Gasteiger partial charge is 0.365 e. The van der Waals surface area contributed by atoms with Crippen LogP contribution in [0.4, 0.5) is 0 Å². The van der Waals surface area contributed by atoms with E-state index < -0.39 is 0 Å². The van der Waals surface area contributed by atoms with Gasteiger partial charge >= 0.3 is 0 Å². The molecule has 0 aliphatic heterocycles. The van der Waals surface area contributed by atoms with Gasteiger partial charge in [0.2, 0.25) is 0 Å². The average Bonchev–Trinajstić information content (AvgIpc) is 2.09. The van der Waals surface area contributed by atoms with E-state index in [0.717, 1.165) is 10.9 Å². The fraction of sp³-hybridized carbons (Fsp3) is 0.333. The Morgan fingerprint density at radius 1 is 1.33 bits per heavy atom. The zero-order chi connectivity index (χ0) is 8.81. The van der Waals surface area contributed by atoms with E-state index in [1.807, 2.05) is 18.2 Å². The van der Waals surface area contributed by atoms with Crippen LogP contribution in [-0.2, 0) is 11.2 Å². The van der Waals surface area contributed by atoms with Gasteiger partial charge in [0.15, 0.2) is 0 Å². The molecule has 0 N–H and O–H groups in total. The second-order valence-electron chi connectivity index (χ2n) is 2.36. The van der Waals surface area contributed by atoms with Crippen molar-refractivity contribution in [3.63, 3.8) is 0 Å². The van der Waals surface area contributed by atoms with Crippen LogP contribution in [0.15, 0.2) is 28.7 Å². The highest BCUT2D eigenvalue weighted by molar-refractivity contribution is 9.10. The van der Waals surface area contributed by atoms with Gasteiger partial charge in [-0.05, 0) is 18.1 Å². The minimum atomic E-state index is 0.268. The Morgan fingerprint density at radius 2 is 2.08 bits per heavy atom. The summed E-state index contributed by atoms with van der Waals surface area (Å²) >= 11 is 8.83. The fourth-order valence-corrected chi connectivity index (χ4v) is 1.53. The first-order valence-corrected chi connectivity index (χ1v) is 5.04. The molecule has 1 aromatic rings. The number of hydrogen-bond donors (Lipinski definition) is 0. The minimum Gasteiger partial charge on any atom is -0.365 e. The van der Waals surface area contributed by atoms with Crippen LogP contribution in [0.2, 0.25) is 0 Å². The van der Waals surface area contributed by atoms with Crippen molar-refractivity contribution in [1.82, 2.24) is 0 Å². The summed E-state index contributed by atoms with van der Waals surface area (Å²) in [7, 11) is 0. The molecule has 0 radical (unpaired) electrons. The van der Waals surface area contributed by atoms with Crippen molar-refractivity contribution in [3.05, 3.63) is 34.3 Å². The van der Waals surface area contributed by atoms with Crippen LogP contribution in [0.25, 0.3) is 0 Å². The van der Waals surface area contributed by atoms with Gasteiger partial charge in [-0.15, -0.1) is 0 Å². The Labute approximate surface area is 85.8 Å². The Balaban J connectivity index is 2.46. The summed E-state index contributed by atoms with van der Waals surface area (Å²) < 4.78 is 6.16. The molecule has 12 heavy (non-hydrogen) atoms. The molecule has 0 heterocycles. The smallest absolute Gasteiger partial charge is 0.120 e. The van der Waals surface area contributed by atoms with Crippen LogP contribution >= 0.6 is 27.5 Å². The Morgan fingerprint density at radius 3 is 2.75 bits per heavy atom. The molecule has 0 aliphatic carbocycles. The second kappa shape index (κ2) is 5.57. The molecule has 0 saturated carbocycles. The average molecular weight is 250 g/mol. The van der Waals surface area contributed by atoms with Crippen molar-refractivity contribution in [3.8, 4) is 0 Å². The number of rotatable bonds is 4. The maximum absolute atomic E-state index is 5.37. The van der Waals surface area contributed by atoms with E-state index in [0.29, 0.717) is 6.61 Å². The van der Waals surface area contributed by atoms with Gasteiger partial charge in [-0.1, -0.05) is 45.7 Å². The summed E-state index contributed by atoms with van der Waals surface area (Å²) in [4.78, 5) is 0. The van der Waals surface area contributed by atoms with Gasteiger partial charge in [0.1, 0.15) is 6.07 Å². The molecule has 0 atom stereocenters. The number of alkyl halides is 1. The van der Waals surface area contributed by atoms with Gasteiger partial charge in [-0.25, -0.2) is 0 Å². The van der Waals surface area contributed by atoms with Gasteiger partial charge in [0.05, 0.1) is 6.61 Å². The molecule has 0 aliphatic rings. The van der Waals surface area contributed by atoms with Crippen LogP contribution in [0.5, 0.6) is 0 Å². The van der Waals surface area contributed by atoms with E-state index in [2.05, 4.69) is 22.0 Å². The van der Waals surface area contributed by atoms with E-state index in [-0.39, 0.29) is 6.07 Å². The number of ether oxygens (including phenoxy) is 1. The van der Waals surface area contributed by atoms with Crippen LogP contribution < -0.4 is 0 Å². The molecule has 66 valence electrons. The lowest BCUT2D eigenvalue weighted by molar-refractivity contribution is 0.182. The quantitative estimate of drug-likeness (QED) is 0.588. The molecular formula is C9H10BrClO. The molecule has 1 nitrogen and oxygen atoms in total. The standard InChI is InChI=1S/C9H10BrClO/c10-9-4-2-1-3-8(9)5-6-12-7-11/h1-4H,5-7H2. The lowest BCUT2D eigenvalue weighted by Gasteiger charge is -2.02. The Bertz CT molecular complexity index is 240. The molecule has 1 rings (SSSR count). The number of hydrogen-bond acceptors (Lipinski definition) is 1. The Hall–Kier alpha value is -0.0500. The first kappa shape index (κ1) is 10.0. The molecule has 1 aromatic carbocycles. The van der Waals surface area contributed by atoms with Crippen molar-refractivity contribution >= 4 is 27.5 Å². The topological polar surface area (TPSA) is 9.23 Å². The first-order valence-electron chi connectivity index (χ1n) is 3.71. The molecule has 0 saturated heterocycles. The van der Waals surface area contributed by atoms with Crippen molar-refractivity contribution in [1.29, 1.82) is 0 Å². The van der Waals surface area contributed by atoms with Gasteiger partial charge in [0, 0.05) is 4.47 Å². The highest BCUT2D eigenvalue weighted by Crippen LogP contribution is 2.16. The molecule has 0 spiro atoms. The highest BCUT2D eigenvalue weighted by atomic mass is 79.9. The van der Waals surface area contributed by atoms with Crippen LogP contribution in [0.3, 0.4) is 0 Å². The third-order valence-corrected chi connectivity index (χ3v) is 2.48. The van der Waals surface area contributed by atoms with Crippen LogP contribution in [-0.4, -0.2) is 12.7 Å². The summed E-state index contributed by atoms with van der Waals surface area (Å²) in [6.07, 6.45) is 0.897. The highest BCUT2D eigenvalue weighted by Gasteiger charge is 1.96. The molecular weight excluding hydrogens is 239 g/mol. The number of halogens is 2. The van der Waals surface area contributed by atoms with E-state index in [4.69, 9.17) is 16.3 Å². The van der Waals surface area contributed by atoms with Crippen LogP contribution in [0.1, 0.15) is 5.56 Å². The molecule has 0 fully saturated rings. The van der Waals surface area contributed by atoms with Crippen molar-refractivity contribution in [2.24, 2.45) is 0 Å². The lowest BCUT2D eigenvalue weighted by atomic mass is 10.2. The van der Waals surface area contributed by atoms with Gasteiger partial charge in [-0.2, -0.15) is 0 Å². The fourth-order valence-electron chi connectivity index (χ4n) is 0.938. The summed E-state index contributed by atoms with van der Waals surface area (Å²) in [6, 6.07) is 8.37. The van der Waals surface area contributed by atoms with Gasteiger partial charge in [0.25, 0.3) is 0 Å². The molecule has 0 bridgehead atoms. The summed E-state index contributed by atoms with van der Waals surface area (Å²) in [5.41, 5.74) is 1.25. The van der Waals surface area contributed by atoms with E-state index in [1.54, 1.807) is 0 Å². The second-order valence-corrected chi connectivity index (χ2v) is 3.43. The zero-order valence-corrected chi connectivity index (χ0v) is 8.94. The maximum Gasteiger partial charge on any atom is 0.120 e. The van der Waals surface area contributed by atoms with E-state index in [9.17, 15) is 0 Å². The zero-order valence-electron chi connectivity index (χ0n) is 6.59. The first-order chi connectivity index (χ1) is 5.84. The molecule has 0 aromatic heterocycles. The Kier molecular flexibility index (Phi) is 4.66. The third kappa shape index (κ3) is 3.13. The normalized spacial score (nSPS) is 10.2. The van der Waals surface area contributed by atoms with Crippen molar-refractivity contribution in [2.45, 2.75) is 6.42 Å². The summed E-state index contributed by atoms with van der Waals surface area (Å²) in [5, 5.41) is 0. The summed E-state index contributed by atoms with van der Waals surface area (Å²) in [6.45, 7) is 0.673. The maximum atomic E-state index is 5.37. The van der Waals surface area contributed by atoms with Gasteiger partial charge in [-0.3, -0.25) is 0 Å². The summed E-state index contributed by atoms with van der Waals surface area (Å²) in [5.74, 6) is 0. The molecule has 0 unspecified atom stereocenters. The predicted octanol–water partition coefficient (Wildman–Crippen LogP) is 3.20. The van der Waals surface area contributed by atoms with Crippen molar-refractivity contribution in [2.75, 3.05) is 12.7 Å². The van der Waals surface area contributed by atoms with E-state index >= 15 is 0 Å². The molecule has 0 amide bonds.